The molecule has 0 saturated carbocycles. The molecule has 90 valence electrons. The van der Waals surface area contributed by atoms with Crippen LogP contribution in [-0.4, -0.2) is 26.5 Å². The van der Waals surface area contributed by atoms with Gasteiger partial charge < -0.3 is 9.67 Å². The van der Waals surface area contributed by atoms with Crippen LogP contribution < -0.4 is 0 Å². The second kappa shape index (κ2) is 5.89. The first kappa shape index (κ1) is 12.2. The molecule has 1 atom stereocenters. The highest BCUT2D eigenvalue weighted by Gasteiger charge is 2.01. The van der Waals surface area contributed by atoms with E-state index in [1.54, 1.807) is 24.3 Å². The zero-order valence-corrected chi connectivity index (χ0v) is 10.6. The van der Waals surface area contributed by atoms with Crippen molar-refractivity contribution >= 4 is 11.8 Å². The van der Waals surface area contributed by atoms with Gasteiger partial charge in [-0.05, 0) is 17.7 Å². The molecule has 1 unspecified atom stereocenters. The van der Waals surface area contributed by atoms with Gasteiger partial charge in [-0.2, -0.15) is 11.8 Å². The summed E-state index contributed by atoms with van der Waals surface area (Å²) < 4.78 is 1.98. The van der Waals surface area contributed by atoms with Crippen molar-refractivity contribution in [1.82, 2.24) is 9.55 Å². The van der Waals surface area contributed by atoms with Crippen molar-refractivity contribution in [2.75, 3.05) is 6.61 Å². The molecular formula is C13H16N2OS. The van der Waals surface area contributed by atoms with Crippen molar-refractivity contribution < 1.29 is 5.11 Å². The summed E-state index contributed by atoms with van der Waals surface area (Å²) in [6, 6.07) is 8.40. The Morgan fingerprint density at radius 3 is 2.71 bits per heavy atom. The van der Waals surface area contributed by atoms with Gasteiger partial charge in [0.05, 0.1) is 12.9 Å². The predicted molar refractivity (Wildman–Crippen MR) is 71.4 cm³/mol. The molecule has 4 heteroatoms. The molecule has 0 bridgehead atoms. The smallest absolute Gasteiger partial charge is 0.0991 e. The molecule has 17 heavy (non-hydrogen) atoms. The number of aliphatic hydroxyl groups excluding tert-OH is 1. The first-order valence-electron chi connectivity index (χ1n) is 5.59. The lowest BCUT2D eigenvalue weighted by Crippen LogP contribution is -2.02. The zero-order chi connectivity index (χ0) is 12.1. The van der Waals surface area contributed by atoms with Gasteiger partial charge in [0.1, 0.15) is 0 Å². The predicted octanol–water partition coefficient (Wildman–Crippen LogP) is 2.49. The Morgan fingerprint density at radius 2 is 2.12 bits per heavy atom. The first-order chi connectivity index (χ1) is 8.29. The average molecular weight is 248 g/mol. The highest BCUT2D eigenvalue weighted by atomic mass is 32.2. The maximum atomic E-state index is 8.95. The van der Waals surface area contributed by atoms with Crippen molar-refractivity contribution in [2.45, 2.75) is 17.9 Å². The summed E-state index contributed by atoms with van der Waals surface area (Å²) >= 11 is 1.76. The molecule has 2 aromatic rings. The number of hydrogen-bond acceptors (Lipinski definition) is 3. The summed E-state index contributed by atoms with van der Waals surface area (Å²) in [5, 5.41) is 9.25. The number of aliphatic hydroxyl groups is 1. The van der Waals surface area contributed by atoms with Gasteiger partial charge in [0.2, 0.25) is 0 Å². The largest absolute Gasteiger partial charge is 0.395 e. The molecule has 0 amide bonds. The van der Waals surface area contributed by atoms with Gasteiger partial charge in [0.15, 0.2) is 0 Å². The van der Waals surface area contributed by atoms with Gasteiger partial charge in [-0.25, -0.2) is 4.98 Å². The van der Waals surface area contributed by atoms with Crippen molar-refractivity contribution in [3.05, 3.63) is 48.5 Å². The molecule has 0 aliphatic carbocycles. The average Bonchev–Trinajstić information content (AvgIpc) is 2.90. The number of imidazole rings is 1. The summed E-state index contributed by atoms with van der Waals surface area (Å²) in [7, 11) is 0. The molecule has 3 nitrogen and oxygen atoms in total. The monoisotopic (exact) mass is 248 g/mol. The molecule has 1 N–H and O–H groups in total. The maximum absolute atomic E-state index is 8.95. The fraction of sp³-hybridized carbons (Fsp3) is 0.308. The molecule has 0 aliphatic rings. The van der Waals surface area contributed by atoms with Gasteiger partial charge in [-0.15, -0.1) is 0 Å². The van der Waals surface area contributed by atoms with Gasteiger partial charge in [-0.1, -0.05) is 19.1 Å². The normalized spacial score (nSPS) is 12.6. The second-order valence-electron chi connectivity index (χ2n) is 3.94. The standard InChI is InChI=1S/C13H16N2OS/c1-11(8-16)17-9-12-2-4-13(5-3-12)15-7-6-14-10-15/h2-7,10-11,16H,8-9H2,1H3. The number of thioether (sulfide) groups is 1. The fourth-order valence-electron chi connectivity index (χ4n) is 1.47. The SMILES string of the molecule is CC(CO)SCc1ccc(-n2ccnc2)cc1. The molecule has 0 saturated heterocycles. The Labute approximate surface area is 106 Å². The lowest BCUT2D eigenvalue weighted by molar-refractivity contribution is 0.300. The van der Waals surface area contributed by atoms with E-state index in [1.807, 2.05) is 17.7 Å². The van der Waals surface area contributed by atoms with Gasteiger partial charge in [-0.3, -0.25) is 0 Å². The highest BCUT2D eigenvalue weighted by molar-refractivity contribution is 7.99. The first-order valence-corrected chi connectivity index (χ1v) is 6.64. The van der Waals surface area contributed by atoms with Crippen LogP contribution in [0.2, 0.25) is 0 Å². The van der Waals surface area contributed by atoms with Crippen LogP contribution in [0, 0.1) is 0 Å². The minimum Gasteiger partial charge on any atom is -0.395 e. The summed E-state index contributed by atoms with van der Waals surface area (Å²) in [6.07, 6.45) is 5.49. The minimum absolute atomic E-state index is 0.234. The van der Waals surface area contributed by atoms with E-state index in [0.29, 0.717) is 5.25 Å². The molecule has 0 spiro atoms. The van der Waals surface area contributed by atoms with E-state index in [4.69, 9.17) is 5.11 Å². The van der Waals surface area contributed by atoms with Crippen LogP contribution in [0.3, 0.4) is 0 Å². The Hall–Kier alpha value is -1.26. The van der Waals surface area contributed by atoms with E-state index < -0.39 is 0 Å². The Balaban J connectivity index is 1.99. The molecular weight excluding hydrogens is 232 g/mol. The Morgan fingerprint density at radius 1 is 1.35 bits per heavy atom. The third-order valence-corrected chi connectivity index (χ3v) is 3.75. The fourth-order valence-corrected chi connectivity index (χ4v) is 2.24. The van der Waals surface area contributed by atoms with Crippen LogP contribution in [-0.2, 0) is 5.75 Å². The van der Waals surface area contributed by atoms with E-state index >= 15 is 0 Å². The molecule has 0 aliphatic heterocycles. The van der Waals surface area contributed by atoms with Crippen molar-refractivity contribution in [2.24, 2.45) is 0 Å². The van der Waals surface area contributed by atoms with Crippen molar-refractivity contribution in [1.29, 1.82) is 0 Å². The van der Waals surface area contributed by atoms with Crippen LogP contribution in [0.15, 0.2) is 43.0 Å². The van der Waals surface area contributed by atoms with E-state index in [2.05, 4.69) is 29.2 Å². The molecule has 1 aromatic heterocycles. The van der Waals surface area contributed by atoms with E-state index in [0.717, 1.165) is 11.4 Å². The summed E-state index contributed by atoms with van der Waals surface area (Å²) in [5.74, 6) is 0.936. The van der Waals surface area contributed by atoms with Crippen LogP contribution in [0.1, 0.15) is 12.5 Å². The van der Waals surface area contributed by atoms with Crippen molar-refractivity contribution in [3.8, 4) is 5.69 Å². The van der Waals surface area contributed by atoms with Crippen LogP contribution in [0.25, 0.3) is 5.69 Å². The summed E-state index contributed by atoms with van der Waals surface area (Å²) in [4.78, 5) is 4.02. The summed E-state index contributed by atoms with van der Waals surface area (Å²) in [6.45, 7) is 2.27. The van der Waals surface area contributed by atoms with Crippen molar-refractivity contribution in [3.63, 3.8) is 0 Å². The lowest BCUT2D eigenvalue weighted by atomic mass is 10.2. The van der Waals surface area contributed by atoms with E-state index in [-0.39, 0.29) is 6.61 Å². The molecule has 2 rings (SSSR count). The molecule has 1 aromatic carbocycles. The van der Waals surface area contributed by atoms with Crippen LogP contribution in [0.5, 0.6) is 0 Å². The minimum atomic E-state index is 0.234. The number of nitrogens with zero attached hydrogens (tertiary/aromatic N) is 2. The third-order valence-electron chi connectivity index (χ3n) is 2.53. The summed E-state index contributed by atoms with van der Waals surface area (Å²) in [5.41, 5.74) is 2.39. The molecule has 0 fully saturated rings. The third kappa shape index (κ3) is 3.35. The number of benzene rings is 1. The topological polar surface area (TPSA) is 38.0 Å². The number of hydrogen-bond donors (Lipinski definition) is 1. The lowest BCUT2D eigenvalue weighted by Gasteiger charge is -2.08. The van der Waals surface area contributed by atoms with E-state index in [9.17, 15) is 0 Å². The zero-order valence-electron chi connectivity index (χ0n) is 9.78. The number of aromatic nitrogens is 2. The van der Waals surface area contributed by atoms with Crippen LogP contribution >= 0.6 is 11.8 Å². The van der Waals surface area contributed by atoms with Crippen LogP contribution in [0.4, 0.5) is 0 Å². The second-order valence-corrected chi connectivity index (χ2v) is 5.37. The molecule has 1 heterocycles. The number of rotatable bonds is 5. The maximum Gasteiger partial charge on any atom is 0.0991 e. The van der Waals surface area contributed by atoms with E-state index in [1.165, 1.54) is 5.56 Å². The quantitative estimate of drug-likeness (QED) is 0.883. The van der Waals surface area contributed by atoms with Gasteiger partial charge in [0, 0.05) is 29.1 Å². The Bertz CT molecular complexity index is 439. The Kier molecular flexibility index (Phi) is 4.23. The molecule has 0 radical (unpaired) electrons. The van der Waals surface area contributed by atoms with Gasteiger partial charge in [0.25, 0.3) is 0 Å². The highest BCUT2D eigenvalue weighted by Crippen LogP contribution is 2.18. The van der Waals surface area contributed by atoms with Gasteiger partial charge >= 0.3 is 0 Å².